The van der Waals surface area contributed by atoms with Crippen LogP contribution >= 0.6 is 0 Å². The van der Waals surface area contributed by atoms with Crippen LogP contribution in [0.3, 0.4) is 0 Å². The number of nitrogens with one attached hydrogen (secondary N) is 2. The van der Waals surface area contributed by atoms with Crippen molar-refractivity contribution in [3.63, 3.8) is 0 Å². The number of nitrogens with zero attached hydrogens (tertiary/aromatic N) is 2. The minimum absolute atomic E-state index is 0.0907. The standard InChI is InChI=1S/C13H24N4O2S/c1-4-17-9-12(15-10-17)20(18,19)16-8-11-13(2,3)6-5-7-14-11/h9-11,14,16H,4-8H2,1-3H3. The molecule has 0 aromatic carbocycles. The highest BCUT2D eigenvalue weighted by atomic mass is 32.2. The Morgan fingerprint density at radius 2 is 2.30 bits per heavy atom. The summed E-state index contributed by atoms with van der Waals surface area (Å²) in [4.78, 5) is 3.95. The fourth-order valence-electron chi connectivity index (χ4n) is 2.54. The Morgan fingerprint density at radius 3 is 2.90 bits per heavy atom. The highest BCUT2D eigenvalue weighted by Crippen LogP contribution is 2.29. The molecule has 6 nitrogen and oxygen atoms in total. The first-order valence-corrected chi connectivity index (χ1v) is 8.58. The minimum Gasteiger partial charge on any atom is -0.336 e. The van der Waals surface area contributed by atoms with E-state index in [2.05, 4.69) is 28.9 Å². The first-order valence-electron chi connectivity index (χ1n) is 7.10. The van der Waals surface area contributed by atoms with Gasteiger partial charge in [-0.15, -0.1) is 0 Å². The third kappa shape index (κ3) is 3.39. The van der Waals surface area contributed by atoms with E-state index >= 15 is 0 Å². The number of imidazole rings is 1. The fraction of sp³-hybridized carbons (Fsp3) is 0.769. The smallest absolute Gasteiger partial charge is 0.259 e. The lowest BCUT2D eigenvalue weighted by Crippen LogP contribution is -2.52. The van der Waals surface area contributed by atoms with Gasteiger partial charge in [-0.25, -0.2) is 18.1 Å². The molecule has 1 saturated heterocycles. The van der Waals surface area contributed by atoms with Crippen LogP contribution in [-0.4, -0.2) is 37.1 Å². The molecule has 1 fully saturated rings. The van der Waals surface area contributed by atoms with Crippen LogP contribution < -0.4 is 10.0 Å². The van der Waals surface area contributed by atoms with Crippen molar-refractivity contribution in [1.29, 1.82) is 0 Å². The molecule has 20 heavy (non-hydrogen) atoms. The summed E-state index contributed by atoms with van der Waals surface area (Å²) >= 11 is 0. The number of sulfonamides is 1. The molecule has 0 amide bonds. The molecule has 0 aliphatic carbocycles. The number of rotatable bonds is 5. The second kappa shape index (κ2) is 5.83. The molecule has 0 spiro atoms. The Hall–Kier alpha value is -0.920. The minimum atomic E-state index is -3.52. The molecule has 2 rings (SSSR count). The van der Waals surface area contributed by atoms with E-state index in [4.69, 9.17) is 0 Å². The average Bonchev–Trinajstić information content (AvgIpc) is 2.86. The number of aromatic nitrogens is 2. The van der Waals surface area contributed by atoms with Gasteiger partial charge in [0.1, 0.15) is 0 Å². The van der Waals surface area contributed by atoms with E-state index in [9.17, 15) is 8.42 Å². The maximum absolute atomic E-state index is 12.2. The van der Waals surface area contributed by atoms with Crippen LogP contribution in [0.1, 0.15) is 33.6 Å². The fourth-order valence-corrected chi connectivity index (χ4v) is 3.53. The third-order valence-electron chi connectivity index (χ3n) is 4.06. The van der Waals surface area contributed by atoms with E-state index in [0.29, 0.717) is 13.1 Å². The predicted octanol–water partition coefficient (Wildman–Crippen LogP) is 0.960. The van der Waals surface area contributed by atoms with Gasteiger partial charge >= 0.3 is 0 Å². The molecule has 0 radical (unpaired) electrons. The summed E-state index contributed by atoms with van der Waals surface area (Å²) < 4.78 is 28.8. The van der Waals surface area contributed by atoms with Gasteiger partial charge in [0, 0.05) is 25.3 Å². The second-order valence-electron chi connectivity index (χ2n) is 5.99. The molecular weight excluding hydrogens is 276 g/mol. The Balaban J connectivity index is 2.02. The Labute approximate surface area is 121 Å². The monoisotopic (exact) mass is 300 g/mol. The molecule has 1 atom stereocenters. The van der Waals surface area contributed by atoms with Gasteiger partial charge in [-0.3, -0.25) is 0 Å². The lowest BCUT2D eigenvalue weighted by Gasteiger charge is -2.39. The molecule has 1 aliphatic rings. The molecule has 0 bridgehead atoms. The van der Waals surface area contributed by atoms with Gasteiger partial charge in [-0.1, -0.05) is 13.8 Å². The average molecular weight is 300 g/mol. The molecule has 1 aromatic heterocycles. The molecule has 2 heterocycles. The van der Waals surface area contributed by atoms with Gasteiger partial charge in [0.05, 0.1) is 6.33 Å². The zero-order chi connectivity index (χ0) is 14.8. The molecule has 1 unspecified atom stereocenters. The highest BCUT2D eigenvalue weighted by molar-refractivity contribution is 7.89. The molecule has 1 aromatic rings. The van der Waals surface area contributed by atoms with E-state index < -0.39 is 10.0 Å². The number of hydrogen-bond acceptors (Lipinski definition) is 4. The maximum Gasteiger partial charge on any atom is 0.259 e. The van der Waals surface area contributed by atoms with E-state index in [-0.39, 0.29) is 16.5 Å². The number of hydrogen-bond donors (Lipinski definition) is 2. The highest BCUT2D eigenvalue weighted by Gasteiger charge is 2.33. The van der Waals surface area contributed by atoms with Crippen molar-refractivity contribution < 1.29 is 8.42 Å². The zero-order valence-corrected chi connectivity index (χ0v) is 13.2. The second-order valence-corrected chi connectivity index (χ2v) is 7.71. The van der Waals surface area contributed by atoms with Crippen LogP contribution in [0.5, 0.6) is 0 Å². The topological polar surface area (TPSA) is 76.0 Å². The Bertz CT molecular complexity index is 550. The molecular formula is C13H24N4O2S. The molecule has 114 valence electrons. The largest absolute Gasteiger partial charge is 0.336 e. The van der Waals surface area contributed by atoms with Gasteiger partial charge < -0.3 is 9.88 Å². The third-order valence-corrected chi connectivity index (χ3v) is 5.37. The van der Waals surface area contributed by atoms with Gasteiger partial charge in [-0.05, 0) is 31.7 Å². The molecule has 7 heteroatoms. The van der Waals surface area contributed by atoms with Crippen LogP contribution in [0.15, 0.2) is 17.6 Å². The molecule has 2 N–H and O–H groups in total. The van der Waals surface area contributed by atoms with Gasteiger partial charge in [0.25, 0.3) is 10.0 Å². The summed E-state index contributed by atoms with van der Waals surface area (Å²) in [6, 6.07) is 0.152. The molecule has 0 saturated carbocycles. The number of piperidine rings is 1. The van der Waals surface area contributed by atoms with Crippen molar-refractivity contribution in [1.82, 2.24) is 19.6 Å². The van der Waals surface area contributed by atoms with Crippen molar-refractivity contribution in [2.24, 2.45) is 5.41 Å². The van der Waals surface area contributed by atoms with Crippen LogP contribution in [-0.2, 0) is 16.6 Å². The number of aryl methyl sites for hydroxylation is 1. The summed E-state index contributed by atoms with van der Waals surface area (Å²) in [7, 11) is -3.52. The SMILES string of the molecule is CCn1cnc(S(=O)(=O)NCC2NCCCC2(C)C)c1. The van der Waals surface area contributed by atoms with Crippen molar-refractivity contribution >= 4 is 10.0 Å². The summed E-state index contributed by atoms with van der Waals surface area (Å²) in [5, 5.41) is 3.49. The summed E-state index contributed by atoms with van der Waals surface area (Å²) in [6.45, 7) is 8.34. The summed E-state index contributed by atoms with van der Waals surface area (Å²) in [5.74, 6) is 0. The van der Waals surface area contributed by atoms with Crippen LogP contribution in [0.2, 0.25) is 0 Å². The van der Waals surface area contributed by atoms with E-state index in [1.54, 1.807) is 10.8 Å². The summed E-state index contributed by atoms with van der Waals surface area (Å²) in [6.07, 6.45) is 5.34. The lowest BCUT2D eigenvalue weighted by molar-refractivity contribution is 0.181. The van der Waals surface area contributed by atoms with E-state index in [1.807, 2.05) is 6.92 Å². The predicted molar refractivity (Wildman–Crippen MR) is 77.9 cm³/mol. The van der Waals surface area contributed by atoms with Crippen molar-refractivity contribution in [2.45, 2.75) is 51.2 Å². The first-order chi connectivity index (χ1) is 9.35. The van der Waals surface area contributed by atoms with Crippen LogP contribution in [0.25, 0.3) is 0 Å². The van der Waals surface area contributed by atoms with Gasteiger partial charge in [-0.2, -0.15) is 0 Å². The van der Waals surface area contributed by atoms with Crippen LogP contribution in [0.4, 0.5) is 0 Å². The quantitative estimate of drug-likeness (QED) is 0.849. The Morgan fingerprint density at radius 1 is 1.55 bits per heavy atom. The Kier molecular flexibility index (Phi) is 4.51. The van der Waals surface area contributed by atoms with Gasteiger partial charge in [0.15, 0.2) is 5.03 Å². The van der Waals surface area contributed by atoms with E-state index in [0.717, 1.165) is 19.4 Å². The maximum atomic E-state index is 12.2. The zero-order valence-electron chi connectivity index (χ0n) is 12.4. The van der Waals surface area contributed by atoms with Crippen LogP contribution in [0, 0.1) is 5.41 Å². The van der Waals surface area contributed by atoms with Gasteiger partial charge in [0.2, 0.25) is 0 Å². The first kappa shape index (κ1) is 15.5. The van der Waals surface area contributed by atoms with Crippen molar-refractivity contribution in [2.75, 3.05) is 13.1 Å². The normalized spacial score (nSPS) is 22.9. The summed E-state index contributed by atoms with van der Waals surface area (Å²) in [5.41, 5.74) is 0.101. The van der Waals surface area contributed by atoms with Crippen molar-refractivity contribution in [3.05, 3.63) is 12.5 Å². The van der Waals surface area contributed by atoms with E-state index in [1.165, 1.54) is 6.33 Å². The van der Waals surface area contributed by atoms with Crippen molar-refractivity contribution in [3.8, 4) is 0 Å². The lowest BCUT2D eigenvalue weighted by atomic mass is 9.78. The molecule has 1 aliphatic heterocycles.